The van der Waals surface area contributed by atoms with Crippen LogP contribution in [0.15, 0.2) is 0 Å². The van der Waals surface area contributed by atoms with E-state index in [4.69, 9.17) is 15.2 Å². The van der Waals surface area contributed by atoms with E-state index in [0.29, 0.717) is 6.54 Å². The smallest absolute Gasteiger partial charge is 0.0705 e. The van der Waals surface area contributed by atoms with Crippen molar-refractivity contribution in [2.75, 3.05) is 46.5 Å². The molecule has 0 aromatic rings. The summed E-state index contributed by atoms with van der Waals surface area (Å²) >= 11 is 0. The van der Waals surface area contributed by atoms with Crippen molar-refractivity contribution >= 4 is 0 Å². The van der Waals surface area contributed by atoms with Crippen LogP contribution in [0.4, 0.5) is 0 Å². The molecule has 0 radical (unpaired) electrons. The quantitative estimate of drug-likeness (QED) is 0.642. The fourth-order valence-corrected chi connectivity index (χ4v) is 1.48. The van der Waals surface area contributed by atoms with Crippen LogP contribution in [0.2, 0.25) is 0 Å². The van der Waals surface area contributed by atoms with Crippen molar-refractivity contribution in [3.63, 3.8) is 0 Å². The highest BCUT2D eigenvalue weighted by atomic mass is 16.5. The van der Waals surface area contributed by atoms with Crippen molar-refractivity contribution in [2.45, 2.75) is 12.5 Å². The average Bonchev–Trinajstić information content (AvgIpc) is 2.21. The van der Waals surface area contributed by atoms with Crippen molar-refractivity contribution in [1.82, 2.24) is 4.90 Å². The fourth-order valence-electron chi connectivity index (χ4n) is 1.48. The highest BCUT2D eigenvalue weighted by Gasteiger charge is 2.12. The third-order valence-electron chi connectivity index (χ3n) is 2.47. The Bertz CT molecular complexity index is 123. The first-order valence-electron chi connectivity index (χ1n) is 4.89. The van der Waals surface area contributed by atoms with Gasteiger partial charge in [0.1, 0.15) is 0 Å². The number of hydrogen-bond acceptors (Lipinski definition) is 4. The molecule has 0 aliphatic carbocycles. The molecule has 0 amide bonds. The van der Waals surface area contributed by atoms with Crippen molar-refractivity contribution in [1.29, 1.82) is 0 Å². The lowest BCUT2D eigenvalue weighted by molar-refractivity contribution is 0.0257. The summed E-state index contributed by atoms with van der Waals surface area (Å²) in [6, 6.07) is 0. The van der Waals surface area contributed by atoms with Gasteiger partial charge < -0.3 is 15.2 Å². The minimum absolute atomic E-state index is 0.211. The molecule has 0 spiro atoms. The first-order valence-corrected chi connectivity index (χ1v) is 4.89. The average molecular weight is 188 g/mol. The summed E-state index contributed by atoms with van der Waals surface area (Å²) in [6.45, 7) is 5.49. The molecule has 0 saturated carbocycles. The van der Waals surface area contributed by atoms with E-state index in [1.807, 2.05) is 0 Å². The monoisotopic (exact) mass is 188 g/mol. The summed E-state index contributed by atoms with van der Waals surface area (Å²) in [7, 11) is 1.72. The Morgan fingerprint density at radius 1 is 1.46 bits per heavy atom. The van der Waals surface area contributed by atoms with E-state index < -0.39 is 0 Å². The molecule has 2 N–H and O–H groups in total. The zero-order valence-electron chi connectivity index (χ0n) is 8.37. The Morgan fingerprint density at radius 3 is 2.69 bits per heavy atom. The molecule has 1 saturated heterocycles. The Labute approximate surface area is 80.0 Å². The Kier molecular flexibility index (Phi) is 5.31. The number of rotatable bonds is 5. The third-order valence-corrected chi connectivity index (χ3v) is 2.47. The van der Waals surface area contributed by atoms with Crippen molar-refractivity contribution in [2.24, 2.45) is 5.73 Å². The zero-order chi connectivity index (χ0) is 9.52. The van der Waals surface area contributed by atoms with Crippen LogP contribution in [-0.4, -0.2) is 57.5 Å². The molecule has 4 nitrogen and oxygen atoms in total. The number of methoxy groups -OCH3 is 1. The summed E-state index contributed by atoms with van der Waals surface area (Å²) in [5.74, 6) is 0. The second-order valence-electron chi connectivity index (χ2n) is 3.34. The molecular weight excluding hydrogens is 168 g/mol. The molecular formula is C9H20N2O2. The summed E-state index contributed by atoms with van der Waals surface area (Å²) < 4.78 is 10.5. The van der Waals surface area contributed by atoms with Crippen LogP contribution < -0.4 is 5.73 Å². The third kappa shape index (κ3) is 4.04. The van der Waals surface area contributed by atoms with Gasteiger partial charge in [-0.05, 0) is 6.42 Å². The van der Waals surface area contributed by atoms with Crippen LogP contribution >= 0.6 is 0 Å². The Morgan fingerprint density at radius 2 is 2.15 bits per heavy atom. The van der Waals surface area contributed by atoms with Gasteiger partial charge in [0.05, 0.1) is 19.3 Å². The molecule has 1 fully saturated rings. The highest BCUT2D eigenvalue weighted by molar-refractivity contribution is 4.66. The molecule has 1 rings (SSSR count). The van der Waals surface area contributed by atoms with E-state index in [1.165, 1.54) is 0 Å². The zero-order valence-corrected chi connectivity index (χ0v) is 8.37. The van der Waals surface area contributed by atoms with Crippen LogP contribution in [-0.2, 0) is 9.47 Å². The van der Waals surface area contributed by atoms with Crippen molar-refractivity contribution in [3.05, 3.63) is 0 Å². The molecule has 1 aliphatic heterocycles. The van der Waals surface area contributed by atoms with Crippen LogP contribution in [0.5, 0.6) is 0 Å². The van der Waals surface area contributed by atoms with E-state index in [9.17, 15) is 0 Å². The molecule has 1 unspecified atom stereocenters. The van der Waals surface area contributed by atoms with E-state index in [-0.39, 0.29) is 6.10 Å². The van der Waals surface area contributed by atoms with Gasteiger partial charge in [0, 0.05) is 33.3 Å². The Balaban J connectivity index is 2.09. The normalized spacial score (nSPS) is 21.7. The van der Waals surface area contributed by atoms with Gasteiger partial charge in [-0.2, -0.15) is 0 Å². The minimum Gasteiger partial charge on any atom is -0.380 e. The number of ether oxygens (including phenoxy) is 2. The maximum Gasteiger partial charge on any atom is 0.0705 e. The molecule has 0 aromatic carbocycles. The van der Waals surface area contributed by atoms with E-state index >= 15 is 0 Å². The van der Waals surface area contributed by atoms with Gasteiger partial charge in [-0.3, -0.25) is 4.90 Å². The Hall–Kier alpha value is -0.160. The van der Waals surface area contributed by atoms with Crippen molar-refractivity contribution < 1.29 is 9.47 Å². The molecule has 1 atom stereocenters. The van der Waals surface area contributed by atoms with Crippen LogP contribution in [0, 0.1) is 0 Å². The van der Waals surface area contributed by atoms with E-state index in [2.05, 4.69) is 4.90 Å². The topological polar surface area (TPSA) is 47.7 Å². The number of morpholine rings is 1. The van der Waals surface area contributed by atoms with Gasteiger partial charge in [0.25, 0.3) is 0 Å². The number of nitrogens with two attached hydrogens (primary N) is 1. The lowest BCUT2D eigenvalue weighted by atomic mass is 10.2. The second kappa shape index (κ2) is 6.32. The molecule has 0 bridgehead atoms. The predicted molar refractivity (Wildman–Crippen MR) is 51.7 cm³/mol. The molecule has 1 heterocycles. The SMILES string of the molecule is COC(CN)CCN1CCOCC1. The summed E-state index contributed by atoms with van der Waals surface area (Å²) in [6.07, 6.45) is 1.23. The maximum absolute atomic E-state index is 5.53. The standard InChI is InChI=1S/C9H20N2O2/c1-12-9(8-10)2-3-11-4-6-13-7-5-11/h9H,2-8,10H2,1H3. The lowest BCUT2D eigenvalue weighted by Gasteiger charge is -2.27. The van der Waals surface area contributed by atoms with Crippen LogP contribution in [0.1, 0.15) is 6.42 Å². The van der Waals surface area contributed by atoms with E-state index in [0.717, 1.165) is 39.3 Å². The first kappa shape index (κ1) is 10.9. The number of hydrogen-bond donors (Lipinski definition) is 1. The molecule has 78 valence electrons. The molecule has 1 aliphatic rings. The van der Waals surface area contributed by atoms with Gasteiger partial charge in [-0.15, -0.1) is 0 Å². The largest absolute Gasteiger partial charge is 0.380 e. The molecule has 0 aromatic heterocycles. The van der Waals surface area contributed by atoms with Gasteiger partial charge >= 0.3 is 0 Å². The van der Waals surface area contributed by atoms with Gasteiger partial charge in [-0.25, -0.2) is 0 Å². The van der Waals surface area contributed by atoms with Crippen molar-refractivity contribution in [3.8, 4) is 0 Å². The summed E-state index contributed by atoms with van der Waals surface area (Å²) in [5, 5.41) is 0. The van der Waals surface area contributed by atoms with Gasteiger partial charge in [-0.1, -0.05) is 0 Å². The molecule has 13 heavy (non-hydrogen) atoms. The van der Waals surface area contributed by atoms with E-state index in [1.54, 1.807) is 7.11 Å². The molecule has 4 heteroatoms. The highest BCUT2D eigenvalue weighted by Crippen LogP contribution is 2.01. The fraction of sp³-hybridized carbons (Fsp3) is 1.00. The van der Waals surface area contributed by atoms with Crippen LogP contribution in [0.3, 0.4) is 0 Å². The lowest BCUT2D eigenvalue weighted by Crippen LogP contribution is -2.38. The number of nitrogens with zero attached hydrogens (tertiary/aromatic N) is 1. The summed E-state index contributed by atoms with van der Waals surface area (Å²) in [4.78, 5) is 2.39. The van der Waals surface area contributed by atoms with Crippen LogP contribution in [0.25, 0.3) is 0 Å². The van der Waals surface area contributed by atoms with Gasteiger partial charge in [0.15, 0.2) is 0 Å². The summed E-state index contributed by atoms with van der Waals surface area (Å²) in [5.41, 5.74) is 5.53. The predicted octanol–water partition coefficient (Wildman–Crippen LogP) is -0.318. The second-order valence-corrected chi connectivity index (χ2v) is 3.34. The van der Waals surface area contributed by atoms with Gasteiger partial charge in [0.2, 0.25) is 0 Å². The maximum atomic E-state index is 5.53. The first-order chi connectivity index (χ1) is 6.36. The minimum atomic E-state index is 0.211.